The molecule has 2 aliphatic carbocycles. The Hall–Kier alpha value is -8.30. The van der Waals surface area contributed by atoms with E-state index in [0.717, 1.165) is 45.3 Å². The minimum Gasteiger partial charge on any atom is -0.469 e. The van der Waals surface area contributed by atoms with Gasteiger partial charge >= 0.3 is 11.9 Å². The summed E-state index contributed by atoms with van der Waals surface area (Å²) >= 11 is 3.72. The van der Waals surface area contributed by atoms with Crippen molar-refractivity contribution in [1.82, 2.24) is 0 Å². The SMILES string of the molecule is COC(=O)CCc1ccc(N(c2ccccc2)c2ccc3c(c2)C(C)(C)c2cc(-c4ccc(-c5ccc(-c6ccc7c(c6)C(C)(C)c6cc(N(c8ccccc8)c8ccc(CCC(=O)OC)cc8)ccc6-7)s5)s4)ccc2-3)cc1. The Bertz CT molecular complexity index is 3620. The highest BCUT2D eigenvalue weighted by atomic mass is 32.1. The van der Waals surface area contributed by atoms with Gasteiger partial charge in [-0.1, -0.05) is 125 Å². The molecule has 78 heavy (non-hydrogen) atoms. The zero-order chi connectivity index (χ0) is 53.7. The van der Waals surface area contributed by atoms with E-state index in [9.17, 15) is 9.59 Å². The van der Waals surface area contributed by atoms with Gasteiger partial charge in [0.15, 0.2) is 0 Å². The second-order valence-corrected chi connectivity index (χ2v) is 23.6. The third kappa shape index (κ3) is 9.33. The molecule has 0 amide bonds. The van der Waals surface area contributed by atoms with Gasteiger partial charge in [-0.3, -0.25) is 9.59 Å². The number of esters is 2. The topological polar surface area (TPSA) is 59.1 Å². The summed E-state index contributed by atoms with van der Waals surface area (Å²) in [6, 6.07) is 75.2. The summed E-state index contributed by atoms with van der Waals surface area (Å²) < 4.78 is 9.77. The van der Waals surface area contributed by atoms with E-state index < -0.39 is 0 Å². The van der Waals surface area contributed by atoms with Crippen LogP contribution in [0.4, 0.5) is 34.1 Å². The van der Waals surface area contributed by atoms with Crippen LogP contribution in [0.2, 0.25) is 0 Å². The number of carbonyl (C=O) groups is 2. The molecular formula is C70H60N2O4S2. The van der Waals surface area contributed by atoms with E-state index in [2.05, 4.69) is 244 Å². The van der Waals surface area contributed by atoms with Crippen molar-refractivity contribution in [3.05, 3.63) is 240 Å². The first kappa shape index (κ1) is 50.5. The van der Waals surface area contributed by atoms with Crippen LogP contribution in [-0.4, -0.2) is 26.2 Å². The third-order valence-corrected chi connectivity index (χ3v) is 18.4. The average molecular weight is 1060 g/mol. The Morgan fingerprint density at radius 2 is 0.692 bits per heavy atom. The van der Waals surface area contributed by atoms with Gasteiger partial charge in [0, 0.05) is 77.3 Å². The molecule has 0 saturated carbocycles. The second-order valence-electron chi connectivity index (χ2n) is 21.4. The summed E-state index contributed by atoms with van der Waals surface area (Å²) in [5, 5.41) is 0. The standard InChI is InChI=1S/C70H60N2O4S2/c1-69(2)59-41-47(23-31-55(59)57-33-29-53(43-61(57)69)71(49-13-9-7-10-14-49)51-25-17-45(18-26-51)21-39-67(73)75-5)63-35-37-65(77-63)66-38-36-64(78-66)48-24-32-56-58-34-30-54(44-62(58)70(3,4)60(56)42-48)72(50-15-11-8-12-16-50)52-27-19-46(20-28-52)22-40-68(74)76-6/h7-20,23-38,41-44H,21-22,39-40H2,1-6H3. The average Bonchev–Trinajstić information content (AvgIpc) is 4.47. The first-order chi connectivity index (χ1) is 37.9. The van der Waals surface area contributed by atoms with Crippen LogP contribution >= 0.6 is 22.7 Å². The largest absolute Gasteiger partial charge is 0.469 e. The number of aryl methyl sites for hydroxylation is 2. The van der Waals surface area contributed by atoms with Gasteiger partial charge in [0.05, 0.1) is 14.2 Å². The maximum atomic E-state index is 11.9. The first-order valence-electron chi connectivity index (χ1n) is 26.7. The van der Waals surface area contributed by atoms with Crippen molar-refractivity contribution in [3.63, 3.8) is 0 Å². The number of hydrogen-bond donors (Lipinski definition) is 0. The number of carbonyl (C=O) groups excluding carboxylic acids is 2. The van der Waals surface area contributed by atoms with Crippen molar-refractivity contribution >= 4 is 68.7 Å². The van der Waals surface area contributed by atoms with Gasteiger partial charge in [0.25, 0.3) is 0 Å². The zero-order valence-electron chi connectivity index (χ0n) is 44.8. The summed E-state index contributed by atoms with van der Waals surface area (Å²) in [7, 11) is 2.87. The van der Waals surface area contributed by atoms with E-state index in [1.807, 2.05) is 22.7 Å². The molecule has 0 aliphatic heterocycles. The number of methoxy groups -OCH3 is 2. The quantitative estimate of drug-likeness (QED) is 0.0954. The van der Waals surface area contributed by atoms with Gasteiger partial charge in [-0.15, -0.1) is 22.7 Å². The minimum atomic E-state index is -0.224. The van der Waals surface area contributed by atoms with Gasteiger partial charge < -0.3 is 19.3 Å². The van der Waals surface area contributed by atoms with Crippen molar-refractivity contribution in [1.29, 1.82) is 0 Å². The number of fused-ring (bicyclic) bond motifs is 6. The molecule has 0 atom stereocenters. The molecule has 0 N–H and O–H groups in total. The Kier molecular flexibility index (Phi) is 13.3. The lowest BCUT2D eigenvalue weighted by Gasteiger charge is -2.28. The normalized spacial score (nSPS) is 13.3. The van der Waals surface area contributed by atoms with Crippen LogP contribution in [0.1, 0.15) is 73.9 Å². The number of thiophene rings is 2. The smallest absolute Gasteiger partial charge is 0.305 e. The van der Waals surface area contributed by atoms with Gasteiger partial charge in [-0.2, -0.15) is 0 Å². The second kappa shape index (κ2) is 20.6. The van der Waals surface area contributed by atoms with Crippen LogP contribution in [-0.2, 0) is 42.7 Å². The van der Waals surface area contributed by atoms with E-state index in [-0.39, 0.29) is 22.8 Å². The number of anilines is 6. The lowest BCUT2D eigenvalue weighted by molar-refractivity contribution is -0.141. The van der Waals surface area contributed by atoms with E-state index in [1.165, 1.54) is 89.4 Å². The van der Waals surface area contributed by atoms with Crippen molar-refractivity contribution in [2.24, 2.45) is 0 Å². The minimum absolute atomic E-state index is 0.199. The molecule has 0 spiro atoms. The van der Waals surface area contributed by atoms with Crippen molar-refractivity contribution in [2.45, 2.75) is 64.2 Å². The van der Waals surface area contributed by atoms with Crippen LogP contribution in [0.5, 0.6) is 0 Å². The summed E-state index contributed by atoms with van der Waals surface area (Å²) in [6.45, 7) is 9.43. The number of nitrogens with zero attached hydrogens (tertiary/aromatic N) is 2. The summed E-state index contributed by atoms with van der Waals surface area (Å²) in [4.78, 5) is 33.4. The number of benzene rings is 8. The van der Waals surface area contributed by atoms with Crippen LogP contribution in [0.3, 0.4) is 0 Å². The highest BCUT2D eigenvalue weighted by molar-refractivity contribution is 7.25. The Morgan fingerprint density at radius 3 is 1.06 bits per heavy atom. The molecule has 2 aliphatic rings. The van der Waals surface area contributed by atoms with Gasteiger partial charge in [0.1, 0.15) is 0 Å². The molecule has 0 saturated heterocycles. The van der Waals surface area contributed by atoms with E-state index in [0.29, 0.717) is 25.7 Å². The van der Waals surface area contributed by atoms with Gasteiger partial charge in [-0.05, 0) is 189 Å². The molecule has 8 aromatic carbocycles. The monoisotopic (exact) mass is 1060 g/mol. The molecule has 10 aromatic rings. The lowest BCUT2D eigenvalue weighted by Crippen LogP contribution is -2.16. The Balaban J connectivity index is 0.781. The fourth-order valence-electron chi connectivity index (χ4n) is 11.7. The summed E-state index contributed by atoms with van der Waals surface area (Å²) in [5.41, 5.74) is 21.2. The number of rotatable bonds is 15. The van der Waals surface area contributed by atoms with Gasteiger partial charge in [-0.25, -0.2) is 0 Å². The number of hydrogen-bond acceptors (Lipinski definition) is 8. The van der Waals surface area contributed by atoms with Crippen LogP contribution in [0.25, 0.3) is 52.9 Å². The maximum Gasteiger partial charge on any atom is 0.305 e. The van der Waals surface area contributed by atoms with E-state index >= 15 is 0 Å². The molecule has 8 heteroatoms. The molecule has 0 fully saturated rings. The number of para-hydroxylation sites is 2. The van der Waals surface area contributed by atoms with Gasteiger partial charge in [0.2, 0.25) is 0 Å². The van der Waals surface area contributed by atoms with Crippen LogP contribution in [0, 0.1) is 0 Å². The zero-order valence-corrected chi connectivity index (χ0v) is 46.4. The molecule has 386 valence electrons. The highest BCUT2D eigenvalue weighted by Gasteiger charge is 2.38. The molecular weight excluding hydrogens is 997 g/mol. The van der Waals surface area contributed by atoms with Crippen LogP contribution in [0.15, 0.2) is 206 Å². The fourth-order valence-corrected chi connectivity index (χ4v) is 13.8. The Morgan fingerprint density at radius 1 is 0.372 bits per heavy atom. The fraction of sp³-hybridized carbons (Fsp3) is 0.171. The maximum absolute atomic E-state index is 11.9. The van der Waals surface area contributed by atoms with Crippen LogP contribution < -0.4 is 9.80 Å². The predicted octanol–water partition coefficient (Wildman–Crippen LogP) is 18.6. The third-order valence-electron chi connectivity index (χ3n) is 16.0. The highest BCUT2D eigenvalue weighted by Crippen LogP contribution is 2.54. The molecule has 0 unspecified atom stereocenters. The molecule has 0 bridgehead atoms. The lowest BCUT2D eigenvalue weighted by atomic mass is 9.81. The van der Waals surface area contributed by atoms with E-state index in [4.69, 9.17) is 9.47 Å². The molecule has 2 heterocycles. The Labute approximate surface area is 465 Å². The van der Waals surface area contributed by atoms with Crippen molar-refractivity contribution in [2.75, 3.05) is 24.0 Å². The summed E-state index contributed by atoms with van der Waals surface area (Å²) in [6.07, 6.45) is 1.99. The molecule has 2 aromatic heterocycles. The molecule has 0 radical (unpaired) electrons. The first-order valence-corrected chi connectivity index (χ1v) is 28.3. The number of ether oxygens (including phenoxy) is 2. The molecule has 12 rings (SSSR count). The van der Waals surface area contributed by atoms with E-state index in [1.54, 1.807) is 0 Å². The molecule has 6 nitrogen and oxygen atoms in total. The van der Waals surface area contributed by atoms with Crippen molar-refractivity contribution < 1.29 is 19.1 Å². The van der Waals surface area contributed by atoms with Crippen molar-refractivity contribution in [3.8, 4) is 52.9 Å². The predicted molar refractivity (Wildman–Crippen MR) is 324 cm³/mol. The summed E-state index contributed by atoms with van der Waals surface area (Å²) in [5.74, 6) is -0.398.